The van der Waals surface area contributed by atoms with Crippen LogP contribution in [-0.2, 0) is 5.41 Å². The number of nitrogens with zero attached hydrogens (tertiary/aromatic N) is 2. The van der Waals surface area contributed by atoms with Crippen molar-refractivity contribution in [2.45, 2.75) is 5.41 Å². The largest absolute Gasteiger partial charge is 0.310 e. The third kappa shape index (κ3) is 4.79. The minimum absolute atomic E-state index is 0.436. The second-order valence-corrected chi connectivity index (χ2v) is 16.4. The fraction of sp³-hybridized carbons (Fsp3) is 0.0169. The van der Waals surface area contributed by atoms with Crippen LogP contribution in [0.5, 0.6) is 0 Å². The molecule has 0 atom stereocenters. The molecule has 11 aromatic rings. The van der Waals surface area contributed by atoms with Gasteiger partial charge in [-0.2, -0.15) is 0 Å². The number of rotatable bonds is 5. The third-order valence-electron chi connectivity index (χ3n) is 13.4. The minimum Gasteiger partial charge on any atom is -0.310 e. The van der Waals surface area contributed by atoms with Gasteiger partial charge in [0.25, 0.3) is 0 Å². The van der Waals surface area contributed by atoms with E-state index in [2.05, 4.69) is 240 Å². The quantitative estimate of drug-likeness (QED) is 0.169. The number of anilines is 3. The molecule has 13 rings (SSSR count). The SMILES string of the molecule is c1ccc(-n2c3ccccc3c3ccc(-c4cccc(N(c5ccc6c(c5)C5(c7ccccc7-c7ccccc75)c5ccccc5-6)c5cccc6ccccc56)c4)cc32)cc1. The van der Waals surface area contributed by atoms with E-state index in [0.717, 1.165) is 28.3 Å². The van der Waals surface area contributed by atoms with E-state index in [1.807, 2.05) is 0 Å². The molecule has 0 aliphatic heterocycles. The lowest BCUT2D eigenvalue weighted by atomic mass is 9.70. The number of benzene rings is 10. The molecule has 1 spiro atoms. The van der Waals surface area contributed by atoms with Crippen LogP contribution in [0.15, 0.2) is 231 Å². The third-order valence-corrected chi connectivity index (χ3v) is 13.4. The van der Waals surface area contributed by atoms with Gasteiger partial charge in [0.2, 0.25) is 0 Å². The van der Waals surface area contributed by atoms with Gasteiger partial charge in [-0.1, -0.05) is 176 Å². The maximum absolute atomic E-state index is 2.49. The van der Waals surface area contributed by atoms with E-state index in [0.29, 0.717) is 0 Å². The molecule has 2 heteroatoms. The van der Waals surface area contributed by atoms with Crippen LogP contribution in [0, 0.1) is 0 Å². The lowest BCUT2D eigenvalue weighted by Crippen LogP contribution is -2.26. The highest BCUT2D eigenvalue weighted by atomic mass is 15.1. The van der Waals surface area contributed by atoms with Gasteiger partial charge in [0.05, 0.1) is 22.1 Å². The molecule has 0 unspecified atom stereocenters. The van der Waals surface area contributed by atoms with E-state index in [1.165, 1.54) is 82.6 Å². The first-order valence-corrected chi connectivity index (χ1v) is 21.2. The van der Waals surface area contributed by atoms with Gasteiger partial charge in [-0.25, -0.2) is 0 Å². The van der Waals surface area contributed by atoms with Gasteiger partial charge in [0, 0.05) is 33.2 Å². The normalized spacial score (nSPS) is 13.0. The number of hydrogen-bond donors (Lipinski definition) is 0. The van der Waals surface area contributed by atoms with Crippen LogP contribution in [0.2, 0.25) is 0 Å². The first-order chi connectivity index (χ1) is 30.3. The summed E-state index contributed by atoms with van der Waals surface area (Å²) in [6.45, 7) is 0. The van der Waals surface area contributed by atoms with E-state index < -0.39 is 5.41 Å². The summed E-state index contributed by atoms with van der Waals surface area (Å²) in [7, 11) is 0. The van der Waals surface area contributed by atoms with Crippen LogP contribution in [-0.4, -0.2) is 4.57 Å². The summed E-state index contributed by atoms with van der Waals surface area (Å²) in [6.07, 6.45) is 0. The van der Waals surface area contributed by atoms with Crippen LogP contribution in [0.25, 0.3) is 71.6 Å². The summed E-state index contributed by atoms with van der Waals surface area (Å²) < 4.78 is 2.40. The van der Waals surface area contributed by atoms with Crippen molar-refractivity contribution in [3.8, 4) is 39.1 Å². The number of hydrogen-bond acceptors (Lipinski definition) is 1. The summed E-state index contributed by atoms with van der Waals surface area (Å²) in [4.78, 5) is 2.48. The van der Waals surface area contributed by atoms with Crippen LogP contribution < -0.4 is 4.90 Å². The molecule has 1 aromatic heterocycles. The molecule has 61 heavy (non-hydrogen) atoms. The molecule has 0 radical (unpaired) electrons. The lowest BCUT2D eigenvalue weighted by Gasteiger charge is -2.32. The molecule has 0 fully saturated rings. The van der Waals surface area contributed by atoms with Gasteiger partial charge < -0.3 is 9.47 Å². The van der Waals surface area contributed by atoms with Crippen molar-refractivity contribution in [3.05, 3.63) is 253 Å². The molecular formula is C59H38N2. The number of fused-ring (bicyclic) bond motifs is 14. The van der Waals surface area contributed by atoms with Crippen molar-refractivity contribution in [3.63, 3.8) is 0 Å². The molecule has 1 heterocycles. The molecule has 0 saturated heterocycles. The van der Waals surface area contributed by atoms with Crippen LogP contribution in [0.3, 0.4) is 0 Å². The van der Waals surface area contributed by atoms with Gasteiger partial charge in [-0.05, 0) is 116 Å². The number of aromatic nitrogens is 1. The Labute approximate surface area is 354 Å². The summed E-state index contributed by atoms with van der Waals surface area (Å²) >= 11 is 0. The Balaban J connectivity index is 1.04. The van der Waals surface area contributed by atoms with E-state index in [4.69, 9.17) is 0 Å². The Morgan fingerprint density at radius 1 is 0.328 bits per heavy atom. The zero-order chi connectivity index (χ0) is 40.1. The van der Waals surface area contributed by atoms with E-state index in [1.54, 1.807) is 0 Å². The molecule has 0 saturated carbocycles. The molecule has 2 aliphatic carbocycles. The van der Waals surface area contributed by atoms with Gasteiger partial charge in [-0.3, -0.25) is 0 Å². The van der Waals surface area contributed by atoms with Crippen molar-refractivity contribution in [2.24, 2.45) is 0 Å². The highest BCUT2D eigenvalue weighted by molar-refractivity contribution is 6.10. The van der Waals surface area contributed by atoms with Crippen LogP contribution in [0.4, 0.5) is 17.1 Å². The van der Waals surface area contributed by atoms with Gasteiger partial charge in [0.1, 0.15) is 0 Å². The zero-order valence-electron chi connectivity index (χ0n) is 33.3. The summed E-state index contributed by atoms with van der Waals surface area (Å²) in [5.41, 5.74) is 19.4. The van der Waals surface area contributed by atoms with Crippen molar-refractivity contribution in [1.29, 1.82) is 0 Å². The molecule has 2 aliphatic rings. The smallest absolute Gasteiger partial charge is 0.0726 e. The van der Waals surface area contributed by atoms with E-state index >= 15 is 0 Å². The summed E-state index contributed by atoms with van der Waals surface area (Å²) in [6, 6.07) is 85.3. The standard InChI is InChI=1S/C59H38N2/c1-2-19-42(20-3-1)61-57-30-13-9-26-50(57)51-34-32-41(37-58(51)61)40-18-14-21-43(36-40)60(56-31-15-17-39-16-4-5-22-45(39)56)44-33-35-49-48-25-8-12-29-54(48)59(55(49)38-44)52-27-10-6-23-46(52)47-24-7-11-28-53(47)59/h1-38H. The average Bonchev–Trinajstić information content (AvgIpc) is 3.93. The second kappa shape index (κ2) is 13.0. The highest BCUT2D eigenvalue weighted by Gasteiger charge is 2.51. The Morgan fingerprint density at radius 3 is 1.64 bits per heavy atom. The van der Waals surface area contributed by atoms with E-state index in [-0.39, 0.29) is 0 Å². The predicted octanol–water partition coefficient (Wildman–Crippen LogP) is 15.4. The minimum atomic E-state index is -0.436. The lowest BCUT2D eigenvalue weighted by molar-refractivity contribution is 0.793. The van der Waals surface area contributed by atoms with Crippen molar-refractivity contribution >= 4 is 49.6 Å². The van der Waals surface area contributed by atoms with Crippen LogP contribution in [0.1, 0.15) is 22.3 Å². The highest BCUT2D eigenvalue weighted by Crippen LogP contribution is 2.63. The fourth-order valence-electron chi connectivity index (χ4n) is 10.9. The molecule has 2 nitrogen and oxygen atoms in total. The maximum Gasteiger partial charge on any atom is 0.0726 e. The van der Waals surface area contributed by atoms with E-state index in [9.17, 15) is 0 Å². The molecule has 0 amide bonds. The molecular weight excluding hydrogens is 737 g/mol. The molecule has 284 valence electrons. The summed E-state index contributed by atoms with van der Waals surface area (Å²) in [5, 5.41) is 4.93. The van der Waals surface area contributed by atoms with Crippen molar-refractivity contribution in [1.82, 2.24) is 4.57 Å². The monoisotopic (exact) mass is 774 g/mol. The van der Waals surface area contributed by atoms with Crippen molar-refractivity contribution in [2.75, 3.05) is 4.90 Å². The summed E-state index contributed by atoms with van der Waals surface area (Å²) in [5.74, 6) is 0. The van der Waals surface area contributed by atoms with Crippen LogP contribution >= 0.6 is 0 Å². The molecule has 10 aromatic carbocycles. The first kappa shape index (κ1) is 34.0. The van der Waals surface area contributed by atoms with Crippen molar-refractivity contribution < 1.29 is 0 Å². The maximum atomic E-state index is 2.49. The Morgan fingerprint density at radius 2 is 0.885 bits per heavy atom. The predicted molar refractivity (Wildman–Crippen MR) is 255 cm³/mol. The molecule has 0 N–H and O–H groups in total. The Bertz CT molecular complexity index is 3490. The second-order valence-electron chi connectivity index (χ2n) is 16.4. The number of para-hydroxylation sites is 2. The van der Waals surface area contributed by atoms with Gasteiger partial charge >= 0.3 is 0 Å². The topological polar surface area (TPSA) is 8.17 Å². The fourth-order valence-corrected chi connectivity index (χ4v) is 10.9. The zero-order valence-corrected chi connectivity index (χ0v) is 33.3. The van der Waals surface area contributed by atoms with Gasteiger partial charge in [0.15, 0.2) is 0 Å². The first-order valence-electron chi connectivity index (χ1n) is 21.2. The molecule has 0 bridgehead atoms. The van der Waals surface area contributed by atoms with Gasteiger partial charge in [-0.15, -0.1) is 0 Å². The Kier molecular flexibility index (Phi) is 7.26. The Hall–Kier alpha value is -7.94. The average molecular weight is 775 g/mol.